The monoisotopic (exact) mass is 745 g/mol. The number of carbonyl (C=O) groups excluding carboxylic acids is 6. The van der Waals surface area contributed by atoms with Crippen molar-refractivity contribution in [3.8, 4) is 5.75 Å². The second kappa shape index (κ2) is 18.8. The predicted octanol–water partition coefficient (Wildman–Crippen LogP) is -0.611. The van der Waals surface area contributed by atoms with Gasteiger partial charge in [0.15, 0.2) is 0 Å². The first kappa shape index (κ1) is 39.4. The molecule has 0 saturated carbocycles. The summed E-state index contributed by atoms with van der Waals surface area (Å²) in [6, 6.07) is 10.9. The van der Waals surface area contributed by atoms with E-state index in [-0.39, 0.29) is 39.0 Å². The van der Waals surface area contributed by atoms with Crippen LogP contribution in [-0.4, -0.2) is 113 Å². The summed E-state index contributed by atoms with van der Waals surface area (Å²) >= 11 is 0. The van der Waals surface area contributed by atoms with Crippen molar-refractivity contribution in [2.45, 2.75) is 82.3 Å². The first-order valence-electron chi connectivity index (χ1n) is 17.9. The lowest BCUT2D eigenvalue weighted by molar-refractivity contribution is -0.145. The SMILES string of the molecule is CN[C@@H](C)C(=O)N[C@H]1CC(=O)NCc2cn(nn2)CCOc2ccc(cc2)C[C@@H](C(=O)OC)NC(=O)[C@H](Cc2ccccc2)NC(=O)[C@@H]2CCCN2C1=O. The molecule has 3 aliphatic heterocycles. The molecular formula is C37H47N9O8. The summed E-state index contributed by atoms with van der Waals surface area (Å²) in [6.07, 6.45) is 2.21. The molecule has 0 aliphatic carbocycles. The minimum atomic E-state index is -1.29. The van der Waals surface area contributed by atoms with Crippen molar-refractivity contribution in [2.24, 2.45) is 0 Å². The summed E-state index contributed by atoms with van der Waals surface area (Å²) in [5.41, 5.74) is 1.95. The average molecular weight is 746 g/mol. The Balaban J connectivity index is 1.44. The van der Waals surface area contributed by atoms with Gasteiger partial charge in [0.2, 0.25) is 29.5 Å². The minimum Gasteiger partial charge on any atom is -0.492 e. The highest BCUT2D eigenvalue weighted by molar-refractivity contribution is 5.97. The molecule has 2 aromatic carbocycles. The van der Waals surface area contributed by atoms with Crippen molar-refractivity contribution in [1.82, 2.24) is 46.5 Å². The van der Waals surface area contributed by atoms with Crippen molar-refractivity contribution in [2.75, 3.05) is 27.3 Å². The molecule has 54 heavy (non-hydrogen) atoms. The fraction of sp³-hybridized carbons (Fsp3) is 0.459. The minimum absolute atomic E-state index is 0.0229. The number of methoxy groups -OCH3 is 1. The van der Waals surface area contributed by atoms with Crippen LogP contribution in [0.3, 0.4) is 0 Å². The molecule has 1 aromatic heterocycles. The van der Waals surface area contributed by atoms with Crippen LogP contribution in [0, 0.1) is 0 Å². The molecule has 0 radical (unpaired) electrons. The molecule has 3 aliphatic rings. The topological polar surface area (TPSA) is 215 Å². The number of fused-ring (bicyclic) bond motifs is 15. The maximum Gasteiger partial charge on any atom is 0.328 e. The van der Waals surface area contributed by atoms with E-state index in [1.54, 1.807) is 61.2 Å². The summed E-state index contributed by atoms with van der Waals surface area (Å²) in [7, 11) is 2.82. The number of ether oxygens (including phenoxy) is 2. The van der Waals surface area contributed by atoms with Gasteiger partial charge in [-0.2, -0.15) is 0 Å². The number of amides is 5. The average Bonchev–Trinajstić information content (AvgIpc) is 3.86. The number of hydrogen-bond acceptors (Lipinski definition) is 11. The number of nitrogens with zero attached hydrogens (tertiary/aromatic N) is 4. The lowest BCUT2D eigenvalue weighted by atomic mass is 10.0. The van der Waals surface area contributed by atoms with Crippen molar-refractivity contribution >= 4 is 35.5 Å². The summed E-state index contributed by atoms with van der Waals surface area (Å²) in [6.45, 7) is 2.45. The van der Waals surface area contributed by atoms with E-state index in [0.29, 0.717) is 24.4 Å². The predicted molar refractivity (Wildman–Crippen MR) is 193 cm³/mol. The first-order valence-corrected chi connectivity index (χ1v) is 17.9. The zero-order valence-electron chi connectivity index (χ0n) is 30.6. The quantitative estimate of drug-likeness (QED) is 0.201. The maximum atomic E-state index is 14.1. The number of benzene rings is 2. The molecule has 1 fully saturated rings. The molecule has 288 valence electrons. The van der Waals surface area contributed by atoms with Gasteiger partial charge in [-0.3, -0.25) is 24.0 Å². The summed E-state index contributed by atoms with van der Waals surface area (Å²) in [5, 5.41) is 22.0. The second-order valence-corrected chi connectivity index (χ2v) is 13.2. The third-order valence-corrected chi connectivity index (χ3v) is 9.39. The maximum absolute atomic E-state index is 14.1. The van der Waals surface area contributed by atoms with Gasteiger partial charge in [-0.1, -0.05) is 47.7 Å². The van der Waals surface area contributed by atoms with Crippen molar-refractivity contribution in [1.29, 1.82) is 0 Å². The Kier molecular flexibility index (Phi) is 13.7. The molecule has 5 amide bonds. The Morgan fingerprint density at radius 1 is 1.00 bits per heavy atom. The number of likely N-dealkylation sites (N-methyl/N-ethyl adjacent to an activating group) is 1. The van der Waals surface area contributed by atoms with Gasteiger partial charge in [-0.05, 0) is 50.1 Å². The number of carbonyl (C=O) groups is 6. The van der Waals surface area contributed by atoms with Gasteiger partial charge in [0.1, 0.15) is 42.2 Å². The van der Waals surface area contributed by atoms with E-state index >= 15 is 0 Å². The van der Waals surface area contributed by atoms with E-state index in [1.807, 2.05) is 18.2 Å². The third kappa shape index (κ3) is 10.6. The molecule has 3 aromatic rings. The highest BCUT2D eigenvalue weighted by atomic mass is 16.5. The third-order valence-electron chi connectivity index (χ3n) is 9.39. The van der Waals surface area contributed by atoms with Gasteiger partial charge in [0, 0.05) is 19.4 Å². The van der Waals surface area contributed by atoms with Gasteiger partial charge in [0.05, 0.1) is 38.9 Å². The van der Waals surface area contributed by atoms with E-state index in [0.717, 1.165) is 11.1 Å². The molecule has 4 bridgehead atoms. The number of nitrogens with one attached hydrogen (secondary N) is 5. The fourth-order valence-corrected chi connectivity index (χ4v) is 6.26. The fourth-order valence-electron chi connectivity index (χ4n) is 6.26. The smallest absolute Gasteiger partial charge is 0.328 e. The molecule has 0 spiro atoms. The van der Waals surface area contributed by atoms with Crippen molar-refractivity contribution in [3.05, 3.63) is 77.6 Å². The second-order valence-electron chi connectivity index (χ2n) is 13.2. The van der Waals surface area contributed by atoms with Crippen LogP contribution < -0.4 is 31.3 Å². The van der Waals surface area contributed by atoms with E-state index in [2.05, 4.69) is 36.9 Å². The Labute approximate surface area is 312 Å². The van der Waals surface area contributed by atoms with E-state index in [1.165, 1.54) is 12.0 Å². The van der Waals surface area contributed by atoms with Crippen LogP contribution in [0.1, 0.15) is 43.0 Å². The van der Waals surface area contributed by atoms with Crippen LogP contribution in [-0.2, 0) is 59.4 Å². The Hall–Kier alpha value is -5.84. The lowest BCUT2D eigenvalue weighted by Gasteiger charge is -2.30. The number of aromatic nitrogens is 3. The van der Waals surface area contributed by atoms with Crippen LogP contribution in [0.4, 0.5) is 0 Å². The van der Waals surface area contributed by atoms with Crippen molar-refractivity contribution < 1.29 is 38.2 Å². The molecule has 0 unspecified atom stereocenters. The highest BCUT2D eigenvalue weighted by Gasteiger charge is 2.40. The Bertz CT molecular complexity index is 1780. The molecular weight excluding hydrogens is 698 g/mol. The number of rotatable bonds is 6. The molecule has 4 heterocycles. The first-order chi connectivity index (χ1) is 26.0. The summed E-state index contributed by atoms with van der Waals surface area (Å²) in [4.78, 5) is 82.5. The van der Waals surface area contributed by atoms with Crippen LogP contribution in [0.2, 0.25) is 0 Å². The molecule has 6 rings (SSSR count). The van der Waals surface area contributed by atoms with Gasteiger partial charge >= 0.3 is 5.97 Å². The zero-order valence-corrected chi connectivity index (χ0v) is 30.6. The number of esters is 1. The number of hydrogen-bond donors (Lipinski definition) is 5. The van der Waals surface area contributed by atoms with Crippen LogP contribution >= 0.6 is 0 Å². The highest BCUT2D eigenvalue weighted by Crippen LogP contribution is 2.21. The van der Waals surface area contributed by atoms with Gasteiger partial charge in [-0.25, -0.2) is 9.48 Å². The Morgan fingerprint density at radius 2 is 1.76 bits per heavy atom. The molecule has 17 nitrogen and oxygen atoms in total. The zero-order chi connectivity index (χ0) is 38.6. The molecule has 5 N–H and O–H groups in total. The van der Waals surface area contributed by atoms with Gasteiger partial charge < -0.3 is 41.0 Å². The largest absolute Gasteiger partial charge is 0.492 e. The summed E-state index contributed by atoms with van der Waals surface area (Å²) in [5.74, 6) is -2.96. The lowest BCUT2D eigenvalue weighted by Crippen LogP contribution is -2.59. The van der Waals surface area contributed by atoms with Gasteiger partial charge in [0.25, 0.3) is 0 Å². The van der Waals surface area contributed by atoms with E-state index < -0.39 is 72.1 Å². The van der Waals surface area contributed by atoms with Crippen LogP contribution in [0.5, 0.6) is 5.75 Å². The Morgan fingerprint density at radius 3 is 2.48 bits per heavy atom. The molecule has 5 atom stereocenters. The molecule has 1 saturated heterocycles. The standard InChI is InChI=1S/C37H47N9O8/c1-23(38-2)33(48)41-29-20-32(47)39-21-26-22-45(44-43-26)16-17-54-27-13-11-25(12-14-27)19-30(37(52)53-3)42-34(49)28(18-24-8-5-4-6-9-24)40-35(50)31-10-7-15-46(31)36(29)51/h4-6,8-9,11-14,22-23,28-31,38H,7,10,15-21H2,1-3H3,(H,39,47)(H,40,50)(H,41,48)(H,42,49)/t23-,28-,29-,30-,31-/m0/s1. The van der Waals surface area contributed by atoms with E-state index in [9.17, 15) is 28.8 Å². The van der Waals surface area contributed by atoms with Gasteiger partial charge in [-0.15, -0.1) is 5.10 Å². The van der Waals surface area contributed by atoms with Crippen molar-refractivity contribution in [3.63, 3.8) is 0 Å². The van der Waals surface area contributed by atoms with Crippen LogP contribution in [0.15, 0.2) is 60.8 Å². The molecule has 17 heteroatoms. The van der Waals surface area contributed by atoms with Crippen LogP contribution in [0.25, 0.3) is 0 Å². The summed E-state index contributed by atoms with van der Waals surface area (Å²) < 4.78 is 12.5. The normalized spacial score (nSPS) is 22.3. The van der Waals surface area contributed by atoms with E-state index in [4.69, 9.17) is 9.47 Å².